The molecule has 124 valence electrons. The number of rotatable bonds is 4. The number of aromatic nitrogens is 2. The zero-order valence-corrected chi connectivity index (χ0v) is 15.8. The van der Waals surface area contributed by atoms with Crippen LogP contribution >= 0.6 is 24.0 Å². The van der Waals surface area contributed by atoms with Gasteiger partial charge in [0.25, 0.3) is 0 Å². The lowest BCUT2D eigenvalue weighted by Crippen LogP contribution is -2.40. The first-order valence-electron chi connectivity index (χ1n) is 8.30. The van der Waals surface area contributed by atoms with Crippen molar-refractivity contribution in [2.24, 2.45) is 16.8 Å². The van der Waals surface area contributed by atoms with Crippen LogP contribution in [0.2, 0.25) is 0 Å². The summed E-state index contributed by atoms with van der Waals surface area (Å²) in [7, 11) is 1.90. The number of guanidine groups is 1. The normalized spacial score (nSPS) is 24.8. The number of nitrogens with one attached hydrogen (secondary N) is 1. The predicted octanol–water partition coefficient (Wildman–Crippen LogP) is 2.59. The average molecular weight is 417 g/mol. The highest BCUT2D eigenvalue weighted by atomic mass is 127. The van der Waals surface area contributed by atoms with Crippen LogP contribution in [0.3, 0.4) is 0 Å². The Balaban J connectivity index is 0.00000176. The number of hydrogen-bond donors (Lipinski definition) is 1. The highest BCUT2D eigenvalue weighted by Crippen LogP contribution is 2.35. The van der Waals surface area contributed by atoms with E-state index in [9.17, 15) is 0 Å². The smallest absolute Gasteiger partial charge is 0.193 e. The SMILES string of the molecule is CN=C(NCCCn1cccn1)N1CC2CCCCC2C1.I. The maximum atomic E-state index is 4.47. The first kappa shape index (κ1) is 17.6. The molecule has 1 aromatic heterocycles. The first-order chi connectivity index (χ1) is 10.4. The molecule has 0 amide bonds. The number of likely N-dealkylation sites (tertiary alicyclic amines) is 1. The standard InChI is InChI=1S/C16H27N5.HI/c1-17-16(18-8-4-10-21-11-5-9-19-21)20-12-14-6-2-3-7-15(14)13-20;/h5,9,11,14-15H,2-4,6-8,10,12-13H2,1H3,(H,17,18);1H. The lowest BCUT2D eigenvalue weighted by molar-refractivity contribution is 0.299. The van der Waals surface area contributed by atoms with Gasteiger partial charge in [-0.3, -0.25) is 9.67 Å². The van der Waals surface area contributed by atoms with E-state index in [1.54, 1.807) is 0 Å². The topological polar surface area (TPSA) is 45.5 Å². The zero-order valence-electron chi connectivity index (χ0n) is 13.4. The first-order valence-corrected chi connectivity index (χ1v) is 8.30. The summed E-state index contributed by atoms with van der Waals surface area (Å²) in [6.45, 7) is 4.31. The molecule has 1 aliphatic heterocycles. The van der Waals surface area contributed by atoms with Crippen molar-refractivity contribution in [1.29, 1.82) is 0 Å². The van der Waals surface area contributed by atoms with Crippen LogP contribution in [0.4, 0.5) is 0 Å². The van der Waals surface area contributed by atoms with Gasteiger partial charge in [0.2, 0.25) is 0 Å². The Hall–Kier alpha value is -0.790. The Morgan fingerprint density at radius 2 is 2.00 bits per heavy atom. The lowest BCUT2D eigenvalue weighted by atomic mass is 9.82. The van der Waals surface area contributed by atoms with Gasteiger partial charge in [-0.15, -0.1) is 24.0 Å². The molecule has 6 heteroatoms. The van der Waals surface area contributed by atoms with Crippen LogP contribution in [0.25, 0.3) is 0 Å². The second kappa shape index (κ2) is 8.74. The van der Waals surface area contributed by atoms with Crippen LogP contribution in [0.5, 0.6) is 0 Å². The Morgan fingerprint density at radius 3 is 2.59 bits per heavy atom. The van der Waals surface area contributed by atoms with Gasteiger partial charge in [0.1, 0.15) is 0 Å². The van der Waals surface area contributed by atoms with Crippen molar-refractivity contribution < 1.29 is 0 Å². The molecule has 3 rings (SSSR count). The third-order valence-electron chi connectivity index (χ3n) is 4.89. The van der Waals surface area contributed by atoms with E-state index in [0.29, 0.717) is 0 Å². The summed E-state index contributed by atoms with van der Waals surface area (Å²) in [5.74, 6) is 2.90. The minimum absolute atomic E-state index is 0. The maximum absolute atomic E-state index is 4.47. The fourth-order valence-electron chi connectivity index (χ4n) is 3.79. The summed E-state index contributed by atoms with van der Waals surface area (Å²) < 4.78 is 1.98. The second-order valence-electron chi connectivity index (χ2n) is 6.31. The molecule has 2 aliphatic rings. The summed E-state index contributed by atoms with van der Waals surface area (Å²) in [6.07, 6.45) is 10.6. The minimum atomic E-state index is 0. The summed E-state index contributed by atoms with van der Waals surface area (Å²) in [6, 6.07) is 1.97. The molecule has 1 aromatic rings. The Labute approximate surface area is 150 Å². The van der Waals surface area contributed by atoms with Crippen molar-refractivity contribution in [3.63, 3.8) is 0 Å². The minimum Gasteiger partial charge on any atom is -0.356 e. The Bertz CT molecular complexity index is 445. The quantitative estimate of drug-likeness (QED) is 0.355. The van der Waals surface area contributed by atoms with E-state index in [1.165, 1.54) is 38.8 Å². The fraction of sp³-hybridized carbons (Fsp3) is 0.750. The summed E-state index contributed by atoms with van der Waals surface area (Å²) in [5.41, 5.74) is 0. The molecule has 0 aromatic carbocycles. The lowest BCUT2D eigenvalue weighted by Gasteiger charge is -2.22. The number of nitrogens with zero attached hydrogens (tertiary/aromatic N) is 4. The van der Waals surface area contributed by atoms with Crippen LogP contribution in [-0.4, -0.2) is 47.3 Å². The molecule has 1 saturated heterocycles. The van der Waals surface area contributed by atoms with Gasteiger partial charge >= 0.3 is 0 Å². The van der Waals surface area contributed by atoms with Gasteiger partial charge < -0.3 is 10.2 Å². The summed E-state index contributed by atoms with van der Waals surface area (Å²) in [4.78, 5) is 6.94. The van der Waals surface area contributed by atoms with Crippen molar-refractivity contribution >= 4 is 29.9 Å². The average Bonchev–Trinajstić information content (AvgIpc) is 3.16. The van der Waals surface area contributed by atoms with E-state index < -0.39 is 0 Å². The molecule has 0 bridgehead atoms. The van der Waals surface area contributed by atoms with Crippen molar-refractivity contribution in [2.45, 2.75) is 38.6 Å². The van der Waals surface area contributed by atoms with Gasteiger partial charge in [0.15, 0.2) is 5.96 Å². The highest BCUT2D eigenvalue weighted by Gasteiger charge is 2.35. The molecule has 22 heavy (non-hydrogen) atoms. The van der Waals surface area contributed by atoms with E-state index in [-0.39, 0.29) is 24.0 Å². The number of halogens is 1. The maximum Gasteiger partial charge on any atom is 0.193 e. The van der Waals surface area contributed by atoms with Crippen molar-refractivity contribution in [1.82, 2.24) is 20.0 Å². The Morgan fingerprint density at radius 1 is 1.27 bits per heavy atom. The highest BCUT2D eigenvalue weighted by molar-refractivity contribution is 14.0. The van der Waals surface area contributed by atoms with Gasteiger partial charge in [-0.1, -0.05) is 12.8 Å². The van der Waals surface area contributed by atoms with Gasteiger partial charge in [0, 0.05) is 45.6 Å². The largest absolute Gasteiger partial charge is 0.356 e. The molecular formula is C16H28IN5. The number of aliphatic imine (C=N–C) groups is 1. The molecule has 1 aliphatic carbocycles. The molecule has 2 fully saturated rings. The predicted molar refractivity (Wildman–Crippen MR) is 101 cm³/mol. The van der Waals surface area contributed by atoms with Crippen molar-refractivity contribution in [2.75, 3.05) is 26.7 Å². The van der Waals surface area contributed by atoms with Crippen LogP contribution in [-0.2, 0) is 6.54 Å². The molecular weight excluding hydrogens is 389 g/mol. The van der Waals surface area contributed by atoms with Gasteiger partial charge in [-0.25, -0.2) is 0 Å². The summed E-state index contributed by atoms with van der Waals surface area (Å²) in [5, 5.41) is 7.75. The molecule has 1 saturated carbocycles. The number of hydrogen-bond acceptors (Lipinski definition) is 2. The number of aryl methyl sites for hydroxylation is 1. The van der Waals surface area contributed by atoms with Gasteiger partial charge in [-0.2, -0.15) is 5.10 Å². The molecule has 0 spiro atoms. The van der Waals surface area contributed by atoms with Crippen LogP contribution in [0.15, 0.2) is 23.5 Å². The molecule has 2 atom stereocenters. The molecule has 2 heterocycles. The third-order valence-corrected chi connectivity index (χ3v) is 4.89. The van der Waals surface area contributed by atoms with E-state index in [0.717, 1.165) is 37.3 Å². The van der Waals surface area contributed by atoms with E-state index in [1.807, 2.05) is 30.2 Å². The van der Waals surface area contributed by atoms with E-state index >= 15 is 0 Å². The molecule has 0 radical (unpaired) electrons. The third kappa shape index (κ3) is 4.36. The Kier molecular flexibility index (Phi) is 6.98. The number of fused-ring (bicyclic) bond motifs is 1. The van der Waals surface area contributed by atoms with Gasteiger partial charge in [-0.05, 0) is 37.2 Å². The zero-order chi connectivity index (χ0) is 14.5. The van der Waals surface area contributed by atoms with Crippen LogP contribution in [0.1, 0.15) is 32.1 Å². The fourth-order valence-corrected chi connectivity index (χ4v) is 3.79. The molecule has 5 nitrogen and oxygen atoms in total. The van der Waals surface area contributed by atoms with E-state index in [4.69, 9.17) is 0 Å². The monoisotopic (exact) mass is 417 g/mol. The molecule has 2 unspecified atom stereocenters. The molecule has 1 N–H and O–H groups in total. The summed E-state index contributed by atoms with van der Waals surface area (Å²) >= 11 is 0. The van der Waals surface area contributed by atoms with Crippen molar-refractivity contribution in [3.8, 4) is 0 Å². The van der Waals surface area contributed by atoms with Crippen LogP contribution < -0.4 is 5.32 Å². The van der Waals surface area contributed by atoms with E-state index in [2.05, 4.69) is 20.3 Å². The van der Waals surface area contributed by atoms with Gasteiger partial charge in [0.05, 0.1) is 0 Å². The van der Waals surface area contributed by atoms with Crippen LogP contribution in [0, 0.1) is 11.8 Å². The van der Waals surface area contributed by atoms with Crippen molar-refractivity contribution in [3.05, 3.63) is 18.5 Å². The second-order valence-corrected chi connectivity index (χ2v) is 6.31.